The second-order valence-electron chi connectivity index (χ2n) is 10.2. The summed E-state index contributed by atoms with van der Waals surface area (Å²) >= 11 is 0. The molecule has 37 heavy (non-hydrogen) atoms. The Morgan fingerprint density at radius 2 is 1.76 bits per heavy atom. The molecule has 3 aliphatic rings. The molecule has 3 saturated heterocycles. The molecule has 2 amide bonds. The zero-order valence-corrected chi connectivity index (χ0v) is 21.3. The molecule has 0 bridgehead atoms. The number of carbonyl (C=O) groups is 3. The van der Waals surface area contributed by atoms with Gasteiger partial charge in [0.05, 0.1) is 18.6 Å². The number of hydrogen-bond donors (Lipinski definition) is 1. The smallest absolute Gasteiger partial charge is 0.416 e. The summed E-state index contributed by atoms with van der Waals surface area (Å²) < 4.78 is 43.5. The fourth-order valence-corrected chi connectivity index (χ4v) is 5.84. The number of carbonyl (C=O) groups excluding carboxylic acids is 3. The fourth-order valence-electron chi connectivity index (χ4n) is 5.84. The van der Waals surface area contributed by atoms with E-state index < -0.39 is 17.8 Å². The van der Waals surface area contributed by atoms with Crippen LogP contribution in [0.15, 0.2) is 24.3 Å². The van der Waals surface area contributed by atoms with E-state index in [1.54, 1.807) is 4.90 Å². The van der Waals surface area contributed by atoms with E-state index in [0.29, 0.717) is 58.4 Å². The maximum atomic E-state index is 13.0. The summed E-state index contributed by atoms with van der Waals surface area (Å²) in [6.45, 7) is 2.58. The van der Waals surface area contributed by atoms with Crippen LogP contribution in [-0.2, 0) is 31.8 Å². The van der Waals surface area contributed by atoms with E-state index >= 15 is 0 Å². The van der Waals surface area contributed by atoms with Crippen molar-refractivity contribution in [2.75, 3.05) is 40.3 Å². The molecule has 1 N–H and O–H groups in total. The molecule has 0 radical (unpaired) electrons. The Balaban J connectivity index is 1.32. The maximum absolute atomic E-state index is 13.0. The van der Waals surface area contributed by atoms with Gasteiger partial charge < -0.3 is 15.0 Å². The first kappa shape index (κ1) is 27.4. The number of amides is 2. The van der Waals surface area contributed by atoms with Crippen molar-refractivity contribution in [3.63, 3.8) is 0 Å². The molecule has 4 rings (SSSR count). The SMILES string of the molecule is COC(=O)C1CCN(C(=O)CCC2CNC(=O)C3C(CCN3Cc3ccc(C(F)(F)F)cc3)N2C)CC1. The highest BCUT2D eigenvalue weighted by atomic mass is 19.4. The van der Waals surface area contributed by atoms with Crippen LogP contribution in [0.4, 0.5) is 13.2 Å². The van der Waals surface area contributed by atoms with Gasteiger partial charge in [0.25, 0.3) is 0 Å². The quantitative estimate of drug-likeness (QED) is 0.575. The Labute approximate surface area is 215 Å². The number of piperidine rings is 1. The minimum atomic E-state index is -4.38. The summed E-state index contributed by atoms with van der Waals surface area (Å²) in [4.78, 5) is 43.6. The van der Waals surface area contributed by atoms with Gasteiger partial charge in [0, 0.05) is 51.2 Å². The molecule has 0 spiro atoms. The Hall–Kier alpha value is -2.66. The zero-order chi connectivity index (χ0) is 26.7. The highest BCUT2D eigenvalue weighted by Crippen LogP contribution is 2.31. The highest BCUT2D eigenvalue weighted by Gasteiger charge is 2.45. The molecular weight excluding hydrogens is 489 g/mol. The van der Waals surface area contributed by atoms with Gasteiger partial charge in [0.1, 0.15) is 6.04 Å². The first-order valence-electron chi connectivity index (χ1n) is 12.8. The van der Waals surface area contributed by atoms with Crippen molar-refractivity contribution in [3.05, 3.63) is 35.4 Å². The molecule has 3 aliphatic heterocycles. The number of ether oxygens (including phenoxy) is 1. The van der Waals surface area contributed by atoms with E-state index in [1.807, 2.05) is 11.9 Å². The molecule has 3 fully saturated rings. The van der Waals surface area contributed by atoms with Crippen LogP contribution in [0.2, 0.25) is 0 Å². The van der Waals surface area contributed by atoms with Gasteiger partial charge in [-0.3, -0.25) is 24.2 Å². The van der Waals surface area contributed by atoms with Crippen molar-refractivity contribution < 1.29 is 32.3 Å². The normalized spacial score (nSPS) is 25.9. The van der Waals surface area contributed by atoms with Gasteiger partial charge in [-0.05, 0) is 50.4 Å². The number of methoxy groups -OCH3 is 1. The van der Waals surface area contributed by atoms with Gasteiger partial charge in [-0.15, -0.1) is 0 Å². The topological polar surface area (TPSA) is 82.2 Å². The van der Waals surface area contributed by atoms with E-state index in [4.69, 9.17) is 4.74 Å². The van der Waals surface area contributed by atoms with Crippen molar-refractivity contribution in [2.45, 2.75) is 63.0 Å². The second-order valence-corrected chi connectivity index (χ2v) is 10.2. The lowest BCUT2D eigenvalue weighted by atomic mass is 9.96. The zero-order valence-electron chi connectivity index (χ0n) is 21.3. The van der Waals surface area contributed by atoms with Crippen LogP contribution in [0.1, 0.15) is 43.2 Å². The van der Waals surface area contributed by atoms with E-state index in [0.717, 1.165) is 24.1 Å². The third-order valence-electron chi connectivity index (χ3n) is 8.09. The van der Waals surface area contributed by atoms with E-state index in [2.05, 4.69) is 10.2 Å². The fraction of sp³-hybridized carbons (Fsp3) is 0.654. The number of likely N-dealkylation sites (N-methyl/N-ethyl adjacent to an activating group) is 1. The van der Waals surface area contributed by atoms with Crippen LogP contribution >= 0.6 is 0 Å². The largest absolute Gasteiger partial charge is 0.469 e. The van der Waals surface area contributed by atoms with Crippen molar-refractivity contribution >= 4 is 17.8 Å². The number of rotatable bonds is 6. The number of likely N-dealkylation sites (tertiary alicyclic amines) is 2. The molecular formula is C26H35F3N4O4. The lowest BCUT2D eigenvalue weighted by Gasteiger charge is -2.34. The van der Waals surface area contributed by atoms with Crippen LogP contribution in [-0.4, -0.2) is 90.9 Å². The monoisotopic (exact) mass is 524 g/mol. The van der Waals surface area contributed by atoms with Crippen LogP contribution in [0.25, 0.3) is 0 Å². The summed E-state index contributed by atoms with van der Waals surface area (Å²) in [5.41, 5.74) is 0.0409. The predicted molar refractivity (Wildman–Crippen MR) is 129 cm³/mol. The maximum Gasteiger partial charge on any atom is 0.416 e. The molecule has 3 atom stereocenters. The number of esters is 1. The third kappa shape index (κ3) is 6.26. The molecule has 3 heterocycles. The first-order chi connectivity index (χ1) is 17.6. The highest BCUT2D eigenvalue weighted by molar-refractivity contribution is 5.83. The number of benzene rings is 1. The van der Waals surface area contributed by atoms with Crippen LogP contribution in [0, 0.1) is 5.92 Å². The number of nitrogens with one attached hydrogen (secondary N) is 1. The average molecular weight is 525 g/mol. The minimum Gasteiger partial charge on any atom is -0.469 e. The lowest BCUT2D eigenvalue weighted by Crippen LogP contribution is -2.49. The summed E-state index contributed by atoms with van der Waals surface area (Å²) in [6.07, 6.45) is -1.43. The number of nitrogens with zero attached hydrogens (tertiary/aromatic N) is 3. The minimum absolute atomic E-state index is 0.00141. The van der Waals surface area contributed by atoms with E-state index in [1.165, 1.54) is 19.2 Å². The molecule has 8 nitrogen and oxygen atoms in total. The van der Waals surface area contributed by atoms with Gasteiger partial charge in [-0.2, -0.15) is 13.2 Å². The van der Waals surface area contributed by atoms with Crippen LogP contribution < -0.4 is 5.32 Å². The molecule has 11 heteroatoms. The molecule has 0 aliphatic carbocycles. The predicted octanol–water partition coefficient (Wildman–Crippen LogP) is 2.27. The Morgan fingerprint density at radius 1 is 1.08 bits per heavy atom. The van der Waals surface area contributed by atoms with Gasteiger partial charge in [-0.25, -0.2) is 0 Å². The number of hydrogen-bond acceptors (Lipinski definition) is 6. The van der Waals surface area contributed by atoms with Crippen molar-refractivity contribution in [3.8, 4) is 0 Å². The molecule has 204 valence electrons. The molecule has 3 unspecified atom stereocenters. The average Bonchev–Trinajstić information content (AvgIpc) is 3.26. The van der Waals surface area contributed by atoms with E-state index in [-0.39, 0.29) is 35.8 Å². The third-order valence-corrected chi connectivity index (χ3v) is 8.09. The number of halogens is 3. The standard InChI is InChI=1S/C26H35F3N4O4/c1-31-20(7-8-22(34)32-12-9-18(10-13-32)25(36)37-2)15-30-24(35)23-21(31)11-14-33(23)16-17-3-5-19(6-4-17)26(27,28)29/h3-6,18,20-21,23H,7-16H2,1-2H3,(H,30,35). The van der Waals surface area contributed by atoms with Crippen LogP contribution in [0.5, 0.6) is 0 Å². The van der Waals surface area contributed by atoms with Crippen molar-refractivity contribution in [1.29, 1.82) is 0 Å². The Bertz CT molecular complexity index is 979. The summed E-state index contributed by atoms with van der Waals surface area (Å²) in [7, 11) is 3.36. The van der Waals surface area contributed by atoms with E-state index in [9.17, 15) is 27.6 Å². The number of fused-ring (bicyclic) bond motifs is 1. The molecule has 1 aromatic carbocycles. The summed E-state index contributed by atoms with van der Waals surface area (Å²) in [5.74, 6) is -0.400. The summed E-state index contributed by atoms with van der Waals surface area (Å²) in [6, 6.07) is 4.66. The van der Waals surface area contributed by atoms with Crippen molar-refractivity contribution in [1.82, 2.24) is 20.0 Å². The van der Waals surface area contributed by atoms with Gasteiger partial charge >= 0.3 is 12.1 Å². The Morgan fingerprint density at radius 3 is 2.38 bits per heavy atom. The molecule has 0 aromatic heterocycles. The van der Waals surface area contributed by atoms with Crippen molar-refractivity contribution in [2.24, 2.45) is 5.92 Å². The number of alkyl halides is 3. The van der Waals surface area contributed by atoms with Crippen LogP contribution in [0.3, 0.4) is 0 Å². The summed E-state index contributed by atoms with van der Waals surface area (Å²) in [5, 5.41) is 3.02. The van der Waals surface area contributed by atoms with Gasteiger partial charge in [-0.1, -0.05) is 12.1 Å². The Kier molecular flexibility index (Phi) is 8.42. The second kappa shape index (κ2) is 11.4. The van der Waals surface area contributed by atoms with Gasteiger partial charge in [0.15, 0.2) is 0 Å². The first-order valence-corrected chi connectivity index (χ1v) is 12.8. The lowest BCUT2D eigenvalue weighted by molar-refractivity contribution is -0.149. The molecule has 0 saturated carbocycles. The molecule has 1 aromatic rings. The van der Waals surface area contributed by atoms with Gasteiger partial charge in [0.2, 0.25) is 11.8 Å².